The third-order valence-electron chi connectivity index (χ3n) is 2.94. The molecule has 0 fully saturated rings. The summed E-state index contributed by atoms with van der Waals surface area (Å²) in [5.74, 6) is 0.413. The molecule has 0 bridgehead atoms. The molecule has 116 valence electrons. The third kappa shape index (κ3) is 3.25. The maximum atomic E-state index is 11.6. The van der Waals surface area contributed by atoms with Crippen molar-refractivity contribution in [2.24, 2.45) is 7.05 Å². The molecule has 0 aliphatic carbocycles. The van der Waals surface area contributed by atoms with Crippen molar-refractivity contribution < 1.29 is 13.2 Å². The number of aryl methyl sites for hydroxylation is 2. The predicted octanol–water partition coefficient (Wildman–Crippen LogP) is 0.815. The Hall–Kier alpha value is -1.45. The number of nitrogens with zero attached hydrogens (tertiary/aromatic N) is 5. The van der Waals surface area contributed by atoms with Crippen LogP contribution in [-0.2, 0) is 33.8 Å². The minimum absolute atomic E-state index is 0.276. The highest BCUT2D eigenvalue weighted by molar-refractivity contribution is 8.13. The van der Waals surface area contributed by atoms with Gasteiger partial charge in [0.15, 0.2) is 5.82 Å². The fourth-order valence-corrected chi connectivity index (χ4v) is 2.96. The Morgan fingerprint density at radius 1 is 1.38 bits per heavy atom. The summed E-state index contributed by atoms with van der Waals surface area (Å²) < 4.78 is 31.3. The molecule has 0 amide bonds. The molecule has 0 spiro atoms. The highest BCUT2D eigenvalue weighted by Crippen LogP contribution is 2.25. The average molecular weight is 334 g/mol. The highest BCUT2D eigenvalue weighted by Gasteiger charge is 2.25. The van der Waals surface area contributed by atoms with Crippen LogP contribution in [0.2, 0.25) is 0 Å². The second-order valence-corrected chi connectivity index (χ2v) is 6.86. The molecule has 0 radical (unpaired) electrons. The van der Waals surface area contributed by atoms with Gasteiger partial charge in [0.2, 0.25) is 0 Å². The summed E-state index contributed by atoms with van der Waals surface area (Å²) in [4.78, 5) is 0. The van der Waals surface area contributed by atoms with Crippen molar-refractivity contribution in [1.29, 1.82) is 0 Å². The van der Waals surface area contributed by atoms with E-state index in [1.807, 2.05) is 6.92 Å². The molecule has 0 unspecified atom stereocenters. The van der Waals surface area contributed by atoms with Crippen LogP contribution in [0.25, 0.3) is 11.4 Å². The number of hydrogen-bond acceptors (Lipinski definition) is 6. The van der Waals surface area contributed by atoms with Crippen molar-refractivity contribution in [1.82, 2.24) is 24.5 Å². The highest BCUT2D eigenvalue weighted by atomic mass is 35.7. The molecule has 10 heteroatoms. The smallest absolute Gasteiger partial charge is 0.296 e. The zero-order chi connectivity index (χ0) is 15.6. The van der Waals surface area contributed by atoms with Gasteiger partial charge in [0, 0.05) is 31.0 Å². The lowest BCUT2D eigenvalue weighted by molar-refractivity contribution is 0.185. The normalized spacial score (nSPS) is 12.0. The van der Waals surface area contributed by atoms with E-state index in [9.17, 15) is 8.42 Å². The summed E-state index contributed by atoms with van der Waals surface area (Å²) in [7, 11) is 4.74. The van der Waals surface area contributed by atoms with Gasteiger partial charge in [-0.05, 0) is 6.42 Å². The van der Waals surface area contributed by atoms with Crippen molar-refractivity contribution in [3.8, 4) is 11.4 Å². The number of ether oxygens (including phenoxy) is 1. The van der Waals surface area contributed by atoms with Crippen molar-refractivity contribution >= 4 is 19.7 Å². The van der Waals surface area contributed by atoms with Crippen LogP contribution in [0, 0.1) is 0 Å². The van der Waals surface area contributed by atoms with E-state index < -0.39 is 9.05 Å². The van der Waals surface area contributed by atoms with E-state index in [1.165, 1.54) is 11.7 Å². The molecule has 0 aromatic carbocycles. The van der Waals surface area contributed by atoms with Crippen molar-refractivity contribution in [2.75, 3.05) is 13.7 Å². The quantitative estimate of drug-likeness (QED) is 0.726. The predicted molar refractivity (Wildman–Crippen MR) is 76.5 cm³/mol. The molecule has 2 rings (SSSR count). The minimum atomic E-state index is -3.99. The first-order chi connectivity index (χ1) is 9.88. The third-order valence-corrected chi connectivity index (χ3v) is 4.09. The molecule has 0 N–H and O–H groups in total. The van der Waals surface area contributed by atoms with Gasteiger partial charge < -0.3 is 4.74 Å². The topological polar surface area (TPSA) is 91.9 Å². The Morgan fingerprint density at radius 2 is 2.10 bits per heavy atom. The first-order valence-electron chi connectivity index (χ1n) is 6.28. The number of hydrogen-bond donors (Lipinski definition) is 0. The van der Waals surface area contributed by atoms with Gasteiger partial charge in [-0.2, -0.15) is 5.10 Å². The summed E-state index contributed by atoms with van der Waals surface area (Å²) in [5, 5.41) is 11.7. The molecule has 0 aliphatic rings. The maximum Gasteiger partial charge on any atom is 0.296 e. The molecule has 0 saturated carbocycles. The second kappa shape index (κ2) is 6.12. The van der Waals surface area contributed by atoms with Gasteiger partial charge in [0.1, 0.15) is 0 Å². The largest absolute Gasteiger partial charge is 0.383 e. The molecule has 2 aromatic rings. The van der Waals surface area contributed by atoms with Crippen LogP contribution in [-0.4, -0.2) is 46.7 Å². The van der Waals surface area contributed by atoms with Gasteiger partial charge in [-0.15, -0.1) is 10.2 Å². The Balaban J connectivity index is 2.60. The van der Waals surface area contributed by atoms with Gasteiger partial charge >= 0.3 is 0 Å². The van der Waals surface area contributed by atoms with Gasteiger partial charge in [-0.25, -0.2) is 8.42 Å². The molecule has 2 heterocycles. The number of rotatable bonds is 6. The van der Waals surface area contributed by atoms with E-state index in [-0.39, 0.29) is 11.7 Å². The van der Waals surface area contributed by atoms with Crippen LogP contribution >= 0.6 is 10.7 Å². The summed E-state index contributed by atoms with van der Waals surface area (Å²) in [6, 6.07) is 0. The van der Waals surface area contributed by atoms with Gasteiger partial charge in [-0.1, -0.05) is 6.92 Å². The SMILES string of the molecule is CCc1nn(C)cc1-c1nnc(S(=O)(=O)Cl)n1CCOC. The van der Waals surface area contributed by atoms with Crippen LogP contribution in [0.3, 0.4) is 0 Å². The van der Waals surface area contributed by atoms with Crippen LogP contribution in [0.1, 0.15) is 12.6 Å². The van der Waals surface area contributed by atoms with Gasteiger partial charge in [0.25, 0.3) is 14.2 Å². The minimum Gasteiger partial charge on any atom is -0.383 e. The van der Waals surface area contributed by atoms with E-state index in [0.29, 0.717) is 18.9 Å². The fourth-order valence-electron chi connectivity index (χ4n) is 2.03. The van der Waals surface area contributed by atoms with E-state index in [4.69, 9.17) is 15.4 Å². The Bertz CT molecular complexity index is 737. The Morgan fingerprint density at radius 3 is 2.67 bits per heavy atom. The first-order valence-corrected chi connectivity index (χ1v) is 8.59. The fraction of sp³-hybridized carbons (Fsp3) is 0.545. The molecular weight excluding hydrogens is 318 g/mol. The Kier molecular flexibility index (Phi) is 4.64. The van der Waals surface area contributed by atoms with Crippen molar-refractivity contribution in [3.05, 3.63) is 11.9 Å². The molecule has 2 aromatic heterocycles. The lowest BCUT2D eigenvalue weighted by atomic mass is 10.2. The van der Waals surface area contributed by atoms with Crippen LogP contribution in [0.4, 0.5) is 0 Å². The van der Waals surface area contributed by atoms with Crippen molar-refractivity contribution in [3.63, 3.8) is 0 Å². The van der Waals surface area contributed by atoms with Crippen LogP contribution in [0.15, 0.2) is 11.4 Å². The summed E-state index contributed by atoms with van der Waals surface area (Å²) >= 11 is 0. The standard InChI is InChI=1S/C11H16ClN5O3S/c1-4-9-8(7-16(2)15-9)10-13-14-11(21(12,18)19)17(10)5-6-20-3/h7H,4-6H2,1-3H3. The van der Waals surface area contributed by atoms with E-state index in [1.54, 1.807) is 17.9 Å². The number of halogens is 1. The maximum absolute atomic E-state index is 11.6. The van der Waals surface area contributed by atoms with E-state index in [2.05, 4.69) is 15.3 Å². The number of aromatic nitrogens is 5. The second-order valence-electron chi connectivity index (χ2n) is 4.41. The molecule has 0 atom stereocenters. The zero-order valence-electron chi connectivity index (χ0n) is 11.9. The first kappa shape index (κ1) is 15.9. The Labute approximate surface area is 127 Å². The number of methoxy groups -OCH3 is 1. The monoisotopic (exact) mass is 333 g/mol. The van der Waals surface area contributed by atoms with Crippen molar-refractivity contribution in [2.45, 2.75) is 25.0 Å². The van der Waals surface area contributed by atoms with E-state index >= 15 is 0 Å². The molecule has 0 aliphatic heterocycles. The summed E-state index contributed by atoms with van der Waals surface area (Å²) in [6.45, 7) is 2.55. The van der Waals surface area contributed by atoms with Gasteiger partial charge in [0.05, 0.1) is 24.4 Å². The molecule has 21 heavy (non-hydrogen) atoms. The van der Waals surface area contributed by atoms with Crippen LogP contribution in [0.5, 0.6) is 0 Å². The molecule has 0 saturated heterocycles. The molecular formula is C11H16ClN5O3S. The van der Waals surface area contributed by atoms with Gasteiger partial charge in [-0.3, -0.25) is 9.25 Å². The lowest BCUT2D eigenvalue weighted by Gasteiger charge is -2.07. The van der Waals surface area contributed by atoms with E-state index in [0.717, 1.165) is 11.3 Å². The lowest BCUT2D eigenvalue weighted by Crippen LogP contribution is -2.11. The summed E-state index contributed by atoms with van der Waals surface area (Å²) in [5.41, 5.74) is 1.54. The van der Waals surface area contributed by atoms with Crippen LogP contribution < -0.4 is 0 Å². The summed E-state index contributed by atoms with van der Waals surface area (Å²) in [6.07, 6.45) is 2.47. The zero-order valence-corrected chi connectivity index (χ0v) is 13.5. The average Bonchev–Trinajstić information content (AvgIpc) is 2.98. The molecule has 8 nitrogen and oxygen atoms in total.